The second kappa shape index (κ2) is 17.8. The van der Waals surface area contributed by atoms with Gasteiger partial charge in [0.2, 0.25) is 13.6 Å². The van der Waals surface area contributed by atoms with Crippen LogP contribution in [0.4, 0.5) is 0 Å². The molecule has 0 spiro atoms. The Morgan fingerprint density at radius 2 is 0.868 bits per heavy atom. The predicted octanol–water partition coefficient (Wildman–Crippen LogP) is 6.01. The van der Waals surface area contributed by atoms with Gasteiger partial charge in [0.25, 0.3) is 0 Å². The van der Waals surface area contributed by atoms with Crippen LogP contribution in [-0.2, 0) is 19.1 Å². The summed E-state index contributed by atoms with van der Waals surface area (Å²) in [6, 6.07) is 0. The van der Waals surface area contributed by atoms with Crippen LogP contribution in [0.15, 0.2) is 0 Å². The maximum atomic E-state index is 12.9. The lowest BCUT2D eigenvalue weighted by molar-refractivity contribution is -0.187. The van der Waals surface area contributed by atoms with Gasteiger partial charge in [-0.25, -0.2) is 4.79 Å². The number of hydrogen-bond donors (Lipinski definition) is 2. The minimum atomic E-state index is -2.26. The third kappa shape index (κ3) is 7.95. The Balaban J connectivity index is 0.000000301. The van der Waals surface area contributed by atoms with E-state index < -0.39 is 35.6 Å². The number of hydrogen-bond acceptors (Lipinski definition) is 16. The Hall–Kier alpha value is -5.54. The monoisotopic (exact) mass is 746 g/mol. The van der Waals surface area contributed by atoms with E-state index in [0.29, 0.717) is 25.7 Å². The zero-order chi connectivity index (χ0) is 38.3. The fourth-order valence-electron chi connectivity index (χ4n) is 5.81. The average Bonchev–Trinajstić information content (AvgIpc) is 3.87. The van der Waals surface area contributed by atoms with Crippen molar-refractivity contribution in [2.45, 2.75) is 98.7 Å². The summed E-state index contributed by atoms with van der Waals surface area (Å²) in [7, 11) is 2.23. The van der Waals surface area contributed by atoms with Crippen molar-refractivity contribution >= 4 is 35.1 Å². The highest BCUT2D eigenvalue weighted by molar-refractivity contribution is 6.11. The van der Waals surface area contributed by atoms with Crippen LogP contribution in [0.2, 0.25) is 0 Å². The zero-order valence-corrected chi connectivity index (χ0v) is 29.9. The SMILES string of the molecule is C.CCCC(=O)c1c(O)c(O)c(C(=O)CCC)c2c1OCO2.CCCC(=O)c1c2c(c(C(=O)CCC)c3c1OC(CC(=O)OC)(C(=O)OC)O3)OCO2. The number of methoxy groups -OCH3 is 2. The average molecular weight is 747 g/mol. The van der Waals surface area contributed by atoms with Crippen molar-refractivity contribution in [1.82, 2.24) is 0 Å². The van der Waals surface area contributed by atoms with Crippen molar-refractivity contribution in [1.29, 1.82) is 0 Å². The van der Waals surface area contributed by atoms with Gasteiger partial charge in [-0.15, -0.1) is 0 Å². The van der Waals surface area contributed by atoms with Gasteiger partial charge in [-0.2, -0.15) is 0 Å². The second-order valence-corrected chi connectivity index (χ2v) is 11.9. The second-order valence-electron chi connectivity index (χ2n) is 11.9. The van der Waals surface area contributed by atoms with Crippen LogP contribution in [0.3, 0.4) is 0 Å². The molecule has 2 aromatic carbocycles. The number of carbonyl (C=O) groups is 6. The van der Waals surface area contributed by atoms with E-state index in [4.69, 9.17) is 33.2 Å². The molecule has 16 nitrogen and oxygen atoms in total. The van der Waals surface area contributed by atoms with Gasteiger partial charge in [0.1, 0.15) is 28.7 Å². The van der Waals surface area contributed by atoms with Gasteiger partial charge < -0.3 is 48.1 Å². The lowest BCUT2D eigenvalue weighted by Gasteiger charge is -2.23. The first-order valence-electron chi connectivity index (χ1n) is 16.9. The van der Waals surface area contributed by atoms with Crippen molar-refractivity contribution in [3.8, 4) is 46.0 Å². The number of ketones is 4. The molecule has 2 aromatic rings. The maximum absolute atomic E-state index is 12.9. The predicted molar refractivity (Wildman–Crippen MR) is 185 cm³/mol. The topological polar surface area (TPSA) is 217 Å². The molecular formula is C37H46O16. The first kappa shape index (κ1) is 41.9. The van der Waals surface area contributed by atoms with Crippen LogP contribution in [0, 0.1) is 0 Å². The number of ether oxygens (including phenoxy) is 8. The van der Waals surface area contributed by atoms with E-state index in [1.807, 2.05) is 27.7 Å². The molecule has 0 amide bonds. The molecule has 3 heterocycles. The fraction of sp³-hybridized carbons (Fsp3) is 0.514. The third-order valence-corrected chi connectivity index (χ3v) is 8.15. The van der Waals surface area contributed by atoms with Gasteiger partial charge in [0, 0.05) is 25.7 Å². The molecule has 0 saturated heterocycles. The van der Waals surface area contributed by atoms with Crippen LogP contribution in [0.25, 0.3) is 0 Å². The summed E-state index contributed by atoms with van der Waals surface area (Å²) in [6.45, 7) is 6.94. The molecule has 5 rings (SSSR count). The first-order chi connectivity index (χ1) is 24.9. The van der Waals surface area contributed by atoms with Gasteiger partial charge in [0.05, 0.1) is 14.2 Å². The quantitative estimate of drug-likeness (QED) is 0.121. The Kier molecular flexibility index (Phi) is 14.1. The Morgan fingerprint density at radius 3 is 1.17 bits per heavy atom. The number of esters is 2. The van der Waals surface area contributed by atoms with Crippen LogP contribution in [0.1, 0.15) is 134 Å². The normalized spacial score (nSPS) is 13.6. The number of benzene rings is 2. The Morgan fingerprint density at radius 1 is 0.547 bits per heavy atom. The number of carbonyl (C=O) groups excluding carboxylic acids is 6. The van der Waals surface area contributed by atoms with Crippen molar-refractivity contribution in [2.75, 3.05) is 27.8 Å². The molecule has 0 fully saturated rings. The van der Waals surface area contributed by atoms with E-state index in [0.717, 1.165) is 14.2 Å². The fourth-order valence-corrected chi connectivity index (χ4v) is 5.81. The smallest absolute Gasteiger partial charge is 0.393 e. The van der Waals surface area contributed by atoms with Crippen molar-refractivity contribution in [3.63, 3.8) is 0 Å². The first-order valence-corrected chi connectivity index (χ1v) is 16.9. The molecule has 2 N–H and O–H groups in total. The van der Waals surface area contributed by atoms with Gasteiger partial charge in [-0.1, -0.05) is 35.1 Å². The molecule has 0 radical (unpaired) electrons. The van der Waals surface area contributed by atoms with Gasteiger partial charge >= 0.3 is 17.7 Å². The minimum absolute atomic E-state index is 0. The van der Waals surface area contributed by atoms with E-state index in [1.54, 1.807) is 0 Å². The molecule has 0 aromatic heterocycles. The summed E-state index contributed by atoms with van der Waals surface area (Å²) < 4.78 is 42.5. The lowest BCUT2D eigenvalue weighted by atomic mass is 9.96. The number of phenols is 2. The van der Waals surface area contributed by atoms with E-state index >= 15 is 0 Å². The molecule has 3 aliphatic rings. The number of phenolic OH excluding ortho intramolecular Hbond substituents is 2. The van der Waals surface area contributed by atoms with E-state index in [2.05, 4.69) is 4.74 Å². The number of aromatic hydroxyl groups is 2. The van der Waals surface area contributed by atoms with Crippen molar-refractivity contribution in [2.24, 2.45) is 0 Å². The van der Waals surface area contributed by atoms with Crippen LogP contribution < -0.4 is 28.4 Å². The molecule has 0 unspecified atom stereocenters. The third-order valence-electron chi connectivity index (χ3n) is 8.15. The van der Waals surface area contributed by atoms with Gasteiger partial charge in [-0.05, 0) is 25.7 Å². The highest BCUT2D eigenvalue weighted by Crippen LogP contribution is 2.57. The van der Waals surface area contributed by atoms with E-state index in [1.165, 1.54) is 0 Å². The molecular weight excluding hydrogens is 700 g/mol. The minimum Gasteiger partial charge on any atom is -0.504 e. The van der Waals surface area contributed by atoms with E-state index in [9.17, 15) is 39.0 Å². The van der Waals surface area contributed by atoms with Crippen molar-refractivity contribution < 1.29 is 76.9 Å². The molecule has 16 heteroatoms. The maximum Gasteiger partial charge on any atom is 0.393 e. The summed E-state index contributed by atoms with van der Waals surface area (Å²) in [5.74, 6) is -6.87. The summed E-state index contributed by atoms with van der Waals surface area (Å²) >= 11 is 0. The number of fused-ring (bicyclic) bond motifs is 3. The molecule has 0 bridgehead atoms. The Labute approximate surface area is 306 Å². The Bertz CT molecular complexity index is 1670. The number of Topliss-reactive ketones (excluding diaryl/α,β-unsaturated/α-hetero) is 4. The van der Waals surface area contributed by atoms with Crippen molar-refractivity contribution in [3.05, 3.63) is 22.3 Å². The molecule has 53 heavy (non-hydrogen) atoms. The molecule has 290 valence electrons. The van der Waals surface area contributed by atoms with Gasteiger partial charge in [0.15, 0.2) is 69.1 Å². The van der Waals surface area contributed by atoms with Crippen LogP contribution in [-0.4, -0.2) is 78.9 Å². The van der Waals surface area contributed by atoms with Gasteiger partial charge in [-0.3, -0.25) is 24.0 Å². The summed E-state index contributed by atoms with van der Waals surface area (Å²) in [4.78, 5) is 74.7. The summed E-state index contributed by atoms with van der Waals surface area (Å²) in [5, 5.41) is 20.2. The van der Waals surface area contributed by atoms with Crippen LogP contribution in [0.5, 0.6) is 46.0 Å². The summed E-state index contributed by atoms with van der Waals surface area (Å²) in [5.41, 5.74) is -0.245. The highest BCUT2D eigenvalue weighted by atomic mass is 16.8. The molecule has 0 atom stereocenters. The van der Waals surface area contributed by atoms with Crippen LogP contribution >= 0.6 is 0 Å². The summed E-state index contributed by atoms with van der Waals surface area (Å²) in [6.07, 6.45) is 2.27. The zero-order valence-electron chi connectivity index (χ0n) is 29.9. The van der Waals surface area contributed by atoms with E-state index in [-0.39, 0.29) is 127 Å². The number of rotatable bonds is 15. The lowest BCUT2D eigenvalue weighted by Crippen LogP contribution is -2.49. The standard InChI is InChI=1S/C21H24O10.C15H18O6.CH4/c1-5-7-11(22)14-16-17(29-10-28-16)15(12(23)8-6-2)19-18(14)30-21(31-19,20(25)27-4)9-13(24)26-3;1-3-5-8(16)10-12(18)13(19)11(9(17)6-4-2)15-14(10)20-7-21-15;/h5-10H2,1-4H3;18-19H,3-7H2,1-2H3;1H4. The highest BCUT2D eigenvalue weighted by Gasteiger charge is 2.56. The molecule has 3 aliphatic heterocycles. The molecule has 0 aliphatic carbocycles. The molecule has 0 saturated carbocycles. The largest absolute Gasteiger partial charge is 0.504 e.